The molecule has 5 heteroatoms. The molecule has 0 amide bonds. The summed E-state index contributed by atoms with van der Waals surface area (Å²) >= 11 is 1.62. The second-order valence-electron chi connectivity index (χ2n) is 4.77. The Bertz CT molecular complexity index is 394. The van der Waals surface area contributed by atoms with Crippen molar-refractivity contribution in [1.82, 2.24) is 4.98 Å². The van der Waals surface area contributed by atoms with Gasteiger partial charge in [0.25, 0.3) is 0 Å². The minimum Gasteiger partial charge on any atom is -0.370 e. The van der Waals surface area contributed by atoms with Crippen molar-refractivity contribution >= 4 is 22.4 Å². The summed E-state index contributed by atoms with van der Waals surface area (Å²) in [6, 6.07) is 0. The summed E-state index contributed by atoms with van der Waals surface area (Å²) in [4.78, 5) is 5.79. The van der Waals surface area contributed by atoms with Crippen molar-refractivity contribution < 1.29 is 0 Å². The lowest BCUT2D eigenvalue weighted by Gasteiger charge is -2.28. The Morgan fingerprint density at radius 1 is 1.60 bits per heavy atom. The largest absolute Gasteiger partial charge is 0.370 e. The number of nitrogens with one attached hydrogen (secondary N) is 2. The Morgan fingerprint density at radius 2 is 2.33 bits per heavy atom. The normalized spacial score (nSPS) is 18.3. The van der Waals surface area contributed by atoms with E-state index in [1.165, 1.54) is 17.0 Å². The summed E-state index contributed by atoms with van der Waals surface area (Å²) in [5.41, 5.74) is 6.84. The van der Waals surface area contributed by atoms with Crippen LogP contribution in [0.1, 0.15) is 30.8 Å². The van der Waals surface area contributed by atoms with Gasteiger partial charge in [-0.3, -0.25) is 5.41 Å². The average Bonchev–Trinajstić information content (AvgIpc) is 2.42. The third kappa shape index (κ3) is 2.28. The number of thiazole rings is 1. The highest BCUT2D eigenvalue weighted by Gasteiger charge is 2.28. The molecule has 1 aromatic rings. The second kappa shape index (κ2) is 3.48. The minimum atomic E-state index is -0.0413. The zero-order valence-electron chi connectivity index (χ0n) is 9.05. The number of aryl methyl sites for hydroxylation is 1. The molecule has 1 aliphatic carbocycles. The van der Waals surface area contributed by atoms with E-state index >= 15 is 0 Å². The molecule has 0 saturated heterocycles. The van der Waals surface area contributed by atoms with Crippen LogP contribution in [0.3, 0.4) is 0 Å². The predicted octanol–water partition coefficient (Wildman–Crippen LogP) is 1.96. The summed E-state index contributed by atoms with van der Waals surface area (Å²) in [6.07, 6.45) is 3.31. The molecule has 0 fully saturated rings. The van der Waals surface area contributed by atoms with Crippen LogP contribution in [0.2, 0.25) is 0 Å². The summed E-state index contributed by atoms with van der Waals surface area (Å²) < 4.78 is 0. The van der Waals surface area contributed by atoms with Crippen molar-refractivity contribution in [2.75, 3.05) is 5.32 Å². The molecule has 15 heavy (non-hydrogen) atoms. The lowest BCUT2D eigenvalue weighted by atomic mass is 9.79. The fourth-order valence-electron chi connectivity index (χ4n) is 1.87. The van der Waals surface area contributed by atoms with Crippen molar-refractivity contribution in [1.29, 1.82) is 5.41 Å². The third-order valence-electron chi connectivity index (χ3n) is 2.70. The minimum absolute atomic E-state index is 0.0413. The van der Waals surface area contributed by atoms with Gasteiger partial charge in [-0.15, -0.1) is 11.3 Å². The number of fused-ring (bicyclic) bond motifs is 1. The number of nitrogens with two attached hydrogens (primary N) is 1. The van der Waals surface area contributed by atoms with Crippen molar-refractivity contribution in [2.45, 2.75) is 33.1 Å². The number of rotatable bonds is 1. The van der Waals surface area contributed by atoms with Crippen LogP contribution in [0, 0.1) is 10.8 Å². The van der Waals surface area contributed by atoms with E-state index in [0.29, 0.717) is 5.41 Å². The van der Waals surface area contributed by atoms with Crippen molar-refractivity contribution in [3.63, 3.8) is 0 Å². The highest BCUT2D eigenvalue weighted by Crippen LogP contribution is 2.38. The van der Waals surface area contributed by atoms with E-state index < -0.39 is 0 Å². The van der Waals surface area contributed by atoms with Crippen LogP contribution in [-0.4, -0.2) is 10.9 Å². The van der Waals surface area contributed by atoms with Gasteiger partial charge in [0.1, 0.15) is 0 Å². The van der Waals surface area contributed by atoms with Gasteiger partial charge in [-0.2, -0.15) is 0 Å². The number of nitrogens with zero attached hydrogens (tertiary/aromatic N) is 1. The van der Waals surface area contributed by atoms with Crippen LogP contribution < -0.4 is 11.1 Å². The molecule has 0 saturated carbocycles. The molecule has 0 bridgehead atoms. The molecular formula is C10H16N4S. The molecule has 0 unspecified atom stereocenters. The smallest absolute Gasteiger partial charge is 0.192 e. The molecule has 0 radical (unpaired) electrons. The first-order chi connectivity index (χ1) is 6.96. The maximum Gasteiger partial charge on any atom is 0.192 e. The molecule has 4 N–H and O–H groups in total. The summed E-state index contributed by atoms with van der Waals surface area (Å²) in [5, 5.41) is 10.7. The van der Waals surface area contributed by atoms with Crippen molar-refractivity contribution in [3.05, 3.63) is 10.6 Å². The molecule has 0 aliphatic heterocycles. The third-order valence-corrected chi connectivity index (χ3v) is 3.71. The fraction of sp³-hybridized carbons (Fsp3) is 0.600. The highest BCUT2D eigenvalue weighted by molar-refractivity contribution is 7.15. The first-order valence-electron chi connectivity index (χ1n) is 5.06. The van der Waals surface area contributed by atoms with Crippen molar-refractivity contribution in [3.8, 4) is 0 Å². The second-order valence-corrected chi connectivity index (χ2v) is 5.85. The van der Waals surface area contributed by atoms with Gasteiger partial charge in [0, 0.05) is 4.88 Å². The lowest BCUT2D eigenvalue weighted by molar-refractivity contribution is 0.316. The highest BCUT2D eigenvalue weighted by atomic mass is 32.1. The Labute approximate surface area is 93.4 Å². The number of hydrogen-bond donors (Lipinski definition) is 3. The molecule has 1 heterocycles. The quantitative estimate of drug-likeness (QED) is 0.504. The van der Waals surface area contributed by atoms with Crippen LogP contribution in [0.15, 0.2) is 0 Å². The molecule has 1 aromatic heterocycles. The van der Waals surface area contributed by atoms with Gasteiger partial charge in [0.05, 0.1) is 5.69 Å². The molecular weight excluding hydrogens is 208 g/mol. The molecule has 0 spiro atoms. The molecule has 0 atom stereocenters. The van der Waals surface area contributed by atoms with Gasteiger partial charge in [0.15, 0.2) is 11.1 Å². The van der Waals surface area contributed by atoms with E-state index in [2.05, 4.69) is 24.1 Å². The Balaban J connectivity index is 2.22. The van der Waals surface area contributed by atoms with Crippen LogP contribution >= 0.6 is 11.3 Å². The summed E-state index contributed by atoms with van der Waals surface area (Å²) in [7, 11) is 0. The Morgan fingerprint density at radius 3 is 3.00 bits per heavy atom. The summed E-state index contributed by atoms with van der Waals surface area (Å²) in [5.74, 6) is -0.0413. The predicted molar refractivity (Wildman–Crippen MR) is 63.5 cm³/mol. The van der Waals surface area contributed by atoms with Crippen LogP contribution in [0.5, 0.6) is 0 Å². The average molecular weight is 224 g/mol. The molecule has 4 nitrogen and oxygen atoms in total. The number of guanidine groups is 1. The zero-order chi connectivity index (χ0) is 11.1. The molecule has 82 valence electrons. The molecule has 0 aromatic carbocycles. The van der Waals surface area contributed by atoms with Crippen LogP contribution in [0.4, 0.5) is 5.13 Å². The van der Waals surface area contributed by atoms with Crippen molar-refractivity contribution in [2.24, 2.45) is 11.1 Å². The van der Waals surface area contributed by atoms with Gasteiger partial charge in [0.2, 0.25) is 0 Å². The van der Waals surface area contributed by atoms with Gasteiger partial charge in [-0.05, 0) is 24.7 Å². The maximum atomic E-state index is 7.15. The van der Waals surface area contributed by atoms with Gasteiger partial charge in [-0.25, -0.2) is 4.98 Å². The van der Waals surface area contributed by atoms with E-state index in [-0.39, 0.29) is 5.96 Å². The SMILES string of the molecule is CC1(C)CCc2nc(NC(=N)N)sc2C1. The fourth-order valence-corrected chi connectivity index (χ4v) is 3.14. The zero-order valence-corrected chi connectivity index (χ0v) is 9.87. The lowest BCUT2D eigenvalue weighted by Crippen LogP contribution is -2.21. The topological polar surface area (TPSA) is 74.8 Å². The van der Waals surface area contributed by atoms with Crippen LogP contribution in [-0.2, 0) is 12.8 Å². The first-order valence-corrected chi connectivity index (χ1v) is 5.87. The van der Waals surface area contributed by atoms with Gasteiger partial charge < -0.3 is 11.1 Å². The monoisotopic (exact) mass is 224 g/mol. The number of hydrogen-bond acceptors (Lipinski definition) is 3. The maximum absolute atomic E-state index is 7.15. The van der Waals surface area contributed by atoms with E-state index in [4.69, 9.17) is 11.1 Å². The van der Waals surface area contributed by atoms with E-state index in [0.717, 1.165) is 18.0 Å². The Kier molecular flexibility index (Phi) is 2.42. The number of anilines is 1. The van der Waals surface area contributed by atoms with E-state index in [1.54, 1.807) is 11.3 Å². The van der Waals surface area contributed by atoms with Gasteiger partial charge in [-0.1, -0.05) is 13.8 Å². The molecule has 1 aliphatic rings. The van der Waals surface area contributed by atoms with E-state index in [9.17, 15) is 0 Å². The van der Waals surface area contributed by atoms with Gasteiger partial charge >= 0.3 is 0 Å². The Hall–Kier alpha value is -1.10. The van der Waals surface area contributed by atoms with Crippen LogP contribution in [0.25, 0.3) is 0 Å². The van der Waals surface area contributed by atoms with E-state index in [1.807, 2.05) is 0 Å². The molecule has 2 rings (SSSR count). The number of aromatic nitrogens is 1. The standard InChI is InChI=1S/C10H16N4S/c1-10(2)4-3-6-7(5-10)15-9(13-6)14-8(11)12/h3-5H2,1-2H3,(H4,11,12,13,14). The first kappa shape index (κ1) is 10.4. The summed E-state index contributed by atoms with van der Waals surface area (Å²) in [6.45, 7) is 4.57.